The predicted molar refractivity (Wildman–Crippen MR) is 96.2 cm³/mol. The van der Waals surface area contributed by atoms with Gasteiger partial charge >= 0.3 is 5.97 Å². The predicted octanol–water partition coefficient (Wildman–Crippen LogP) is 5.14. The Morgan fingerprint density at radius 3 is 2.33 bits per heavy atom. The molecule has 0 saturated carbocycles. The van der Waals surface area contributed by atoms with Crippen molar-refractivity contribution in [1.82, 2.24) is 0 Å². The maximum absolute atomic E-state index is 12.2. The van der Waals surface area contributed by atoms with Crippen LogP contribution in [0.4, 0.5) is 5.69 Å². The average Bonchev–Trinajstić information content (AvgIpc) is 2.50. The summed E-state index contributed by atoms with van der Waals surface area (Å²) in [6, 6.07) is 9.52. The van der Waals surface area contributed by atoms with E-state index < -0.39 is 18.0 Å². The molecule has 2 aromatic rings. The van der Waals surface area contributed by atoms with Crippen molar-refractivity contribution in [2.75, 3.05) is 5.32 Å². The van der Waals surface area contributed by atoms with E-state index in [4.69, 9.17) is 39.5 Å². The minimum absolute atomic E-state index is 0.139. The van der Waals surface area contributed by atoms with Crippen LogP contribution in [0.2, 0.25) is 15.1 Å². The smallest absolute Gasteiger partial charge is 0.340 e. The number of aryl methyl sites for hydroxylation is 1. The lowest BCUT2D eigenvalue weighted by atomic mass is 10.2. The monoisotopic (exact) mass is 385 g/mol. The SMILES string of the molecule is Cc1ccc(Cl)cc1NC(=O)[C@@H](C)OC(=O)c1ccc(Cl)cc1Cl. The molecule has 0 aliphatic rings. The molecule has 0 spiro atoms. The zero-order valence-corrected chi connectivity index (χ0v) is 15.2. The second kappa shape index (κ2) is 7.88. The van der Waals surface area contributed by atoms with Crippen LogP contribution in [0.1, 0.15) is 22.8 Å². The summed E-state index contributed by atoms with van der Waals surface area (Å²) >= 11 is 17.7. The standard InChI is InChI=1S/C17H14Cl3NO3/c1-9-3-4-12(19)8-15(9)21-16(22)10(2)24-17(23)13-6-5-11(18)7-14(13)20/h3-8,10H,1-2H3,(H,21,22)/t10-/m1/s1. The van der Waals surface area contributed by atoms with Crippen molar-refractivity contribution in [2.24, 2.45) is 0 Å². The summed E-state index contributed by atoms with van der Waals surface area (Å²) in [5.41, 5.74) is 1.53. The van der Waals surface area contributed by atoms with Gasteiger partial charge in [0, 0.05) is 15.7 Å². The highest BCUT2D eigenvalue weighted by Crippen LogP contribution is 2.23. The van der Waals surface area contributed by atoms with Crippen LogP contribution in [0.3, 0.4) is 0 Å². The molecule has 0 radical (unpaired) electrons. The lowest BCUT2D eigenvalue weighted by Gasteiger charge is -2.15. The van der Waals surface area contributed by atoms with Crippen LogP contribution in [0, 0.1) is 6.92 Å². The van der Waals surface area contributed by atoms with Crippen molar-refractivity contribution in [1.29, 1.82) is 0 Å². The van der Waals surface area contributed by atoms with E-state index >= 15 is 0 Å². The highest BCUT2D eigenvalue weighted by atomic mass is 35.5. The van der Waals surface area contributed by atoms with Gasteiger partial charge in [0.1, 0.15) is 0 Å². The Morgan fingerprint density at radius 2 is 1.67 bits per heavy atom. The van der Waals surface area contributed by atoms with Crippen LogP contribution >= 0.6 is 34.8 Å². The number of amides is 1. The summed E-state index contributed by atoms with van der Waals surface area (Å²) in [6.07, 6.45) is -1.01. The third-order valence-corrected chi connectivity index (χ3v) is 4.04. The minimum Gasteiger partial charge on any atom is -0.449 e. The zero-order valence-electron chi connectivity index (χ0n) is 12.9. The lowest BCUT2D eigenvalue weighted by Crippen LogP contribution is -2.30. The van der Waals surface area contributed by atoms with E-state index in [2.05, 4.69) is 5.32 Å². The normalized spacial score (nSPS) is 11.7. The van der Waals surface area contributed by atoms with Gasteiger partial charge in [0.25, 0.3) is 5.91 Å². The molecule has 0 aromatic heterocycles. The fourth-order valence-electron chi connectivity index (χ4n) is 1.90. The Morgan fingerprint density at radius 1 is 1.04 bits per heavy atom. The first-order chi connectivity index (χ1) is 11.3. The first-order valence-corrected chi connectivity index (χ1v) is 8.14. The first-order valence-electron chi connectivity index (χ1n) is 7.01. The van der Waals surface area contributed by atoms with E-state index in [9.17, 15) is 9.59 Å². The molecule has 7 heteroatoms. The molecular weight excluding hydrogens is 373 g/mol. The molecule has 1 atom stereocenters. The van der Waals surface area contributed by atoms with Gasteiger partial charge in [-0.1, -0.05) is 40.9 Å². The van der Waals surface area contributed by atoms with E-state index in [1.807, 2.05) is 6.92 Å². The van der Waals surface area contributed by atoms with Crippen LogP contribution in [-0.2, 0) is 9.53 Å². The number of hydrogen-bond donors (Lipinski definition) is 1. The number of carbonyl (C=O) groups is 2. The van der Waals surface area contributed by atoms with Gasteiger partial charge < -0.3 is 10.1 Å². The van der Waals surface area contributed by atoms with E-state index in [-0.39, 0.29) is 10.6 Å². The van der Waals surface area contributed by atoms with Crippen molar-refractivity contribution >= 4 is 52.4 Å². The van der Waals surface area contributed by atoms with Crippen molar-refractivity contribution in [2.45, 2.75) is 20.0 Å². The molecule has 126 valence electrons. The number of halogens is 3. The van der Waals surface area contributed by atoms with Crippen LogP contribution in [0.5, 0.6) is 0 Å². The molecule has 2 rings (SSSR count). The van der Waals surface area contributed by atoms with Crippen molar-refractivity contribution in [3.05, 3.63) is 62.6 Å². The van der Waals surface area contributed by atoms with Crippen LogP contribution in [0.25, 0.3) is 0 Å². The summed E-state index contributed by atoms with van der Waals surface area (Å²) in [7, 11) is 0. The number of benzene rings is 2. The lowest BCUT2D eigenvalue weighted by molar-refractivity contribution is -0.123. The Labute approximate surface area is 154 Å². The topological polar surface area (TPSA) is 55.4 Å². The van der Waals surface area contributed by atoms with Gasteiger partial charge in [-0.15, -0.1) is 0 Å². The van der Waals surface area contributed by atoms with Gasteiger partial charge in [-0.25, -0.2) is 4.79 Å². The molecule has 0 aliphatic carbocycles. The molecule has 0 fully saturated rings. The summed E-state index contributed by atoms with van der Waals surface area (Å²) in [5.74, 6) is -1.18. The highest BCUT2D eigenvalue weighted by molar-refractivity contribution is 6.36. The number of hydrogen-bond acceptors (Lipinski definition) is 3. The summed E-state index contributed by atoms with van der Waals surface area (Å²) < 4.78 is 5.15. The molecule has 0 bridgehead atoms. The van der Waals surface area contributed by atoms with Crippen LogP contribution < -0.4 is 5.32 Å². The molecule has 2 aromatic carbocycles. The fraction of sp³-hybridized carbons (Fsp3) is 0.176. The molecular formula is C17H14Cl3NO3. The van der Waals surface area contributed by atoms with Crippen molar-refractivity contribution in [3.63, 3.8) is 0 Å². The third kappa shape index (κ3) is 4.63. The van der Waals surface area contributed by atoms with E-state index in [1.165, 1.54) is 25.1 Å². The summed E-state index contributed by atoms with van der Waals surface area (Å²) in [4.78, 5) is 24.3. The largest absolute Gasteiger partial charge is 0.449 e. The number of ether oxygens (including phenoxy) is 1. The average molecular weight is 387 g/mol. The Balaban J connectivity index is 2.05. The molecule has 1 N–H and O–H groups in total. The van der Waals surface area contributed by atoms with Crippen molar-refractivity contribution in [3.8, 4) is 0 Å². The van der Waals surface area contributed by atoms with Gasteiger partial charge in [-0.3, -0.25) is 4.79 Å². The van der Waals surface area contributed by atoms with Crippen LogP contribution in [0.15, 0.2) is 36.4 Å². The van der Waals surface area contributed by atoms with E-state index in [0.29, 0.717) is 15.7 Å². The molecule has 4 nitrogen and oxygen atoms in total. The molecule has 0 saturated heterocycles. The zero-order chi connectivity index (χ0) is 17.9. The summed E-state index contributed by atoms with van der Waals surface area (Å²) in [5, 5.41) is 3.73. The number of anilines is 1. The highest BCUT2D eigenvalue weighted by Gasteiger charge is 2.21. The Kier molecular flexibility index (Phi) is 6.10. The maximum Gasteiger partial charge on any atom is 0.340 e. The fourth-order valence-corrected chi connectivity index (χ4v) is 2.55. The quantitative estimate of drug-likeness (QED) is 0.740. The van der Waals surface area contributed by atoms with Gasteiger partial charge in [-0.2, -0.15) is 0 Å². The van der Waals surface area contributed by atoms with Gasteiger partial charge in [0.15, 0.2) is 6.10 Å². The number of esters is 1. The van der Waals surface area contributed by atoms with Gasteiger partial charge in [0.05, 0.1) is 10.6 Å². The third-order valence-electron chi connectivity index (χ3n) is 3.26. The first kappa shape index (κ1) is 18.6. The molecule has 24 heavy (non-hydrogen) atoms. The second-order valence-electron chi connectivity index (χ2n) is 5.12. The van der Waals surface area contributed by atoms with Crippen molar-refractivity contribution < 1.29 is 14.3 Å². The number of nitrogens with one attached hydrogen (secondary N) is 1. The molecule has 1 amide bonds. The van der Waals surface area contributed by atoms with E-state index in [1.54, 1.807) is 18.2 Å². The van der Waals surface area contributed by atoms with Crippen LogP contribution in [-0.4, -0.2) is 18.0 Å². The maximum atomic E-state index is 12.2. The summed E-state index contributed by atoms with van der Waals surface area (Å²) in [6.45, 7) is 3.30. The van der Waals surface area contributed by atoms with Gasteiger partial charge in [-0.05, 0) is 49.7 Å². The number of rotatable bonds is 4. The Bertz CT molecular complexity index is 793. The Hall–Kier alpha value is -1.75. The van der Waals surface area contributed by atoms with Gasteiger partial charge in [0.2, 0.25) is 0 Å². The molecule has 0 aliphatic heterocycles. The second-order valence-corrected chi connectivity index (χ2v) is 6.40. The number of carbonyl (C=O) groups excluding carboxylic acids is 2. The molecule has 0 unspecified atom stereocenters. The molecule has 0 heterocycles. The minimum atomic E-state index is -1.01. The van der Waals surface area contributed by atoms with E-state index in [0.717, 1.165) is 5.56 Å².